The number of rotatable bonds is 6. The van der Waals surface area contributed by atoms with Crippen LogP contribution in [-0.4, -0.2) is 32.5 Å². The molecule has 0 amide bonds. The van der Waals surface area contributed by atoms with Crippen LogP contribution in [0.4, 0.5) is 0 Å². The van der Waals surface area contributed by atoms with E-state index in [-0.39, 0.29) is 18.0 Å². The van der Waals surface area contributed by atoms with E-state index in [1.54, 1.807) is 48.7 Å². The number of fused-ring (bicyclic) bond motifs is 1. The Hall–Kier alpha value is -2.89. The number of benzene rings is 1. The minimum Gasteiger partial charge on any atom is -0.480 e. The summed E-state index contributed by atoms with van der Waals surface area (Å²) in [5, 5.41) is 19.9. The van der Waals surface area contributed by atoms with Crippen molar-refractivity contribution in [2.45, 2.75) is 38.6 Å². The van der Waals surface area contributed by atoms with Gasteiger partial charge in [-0.1, -0.05) is 44.2 Å². The van der Waals surface area contributed by atoms with Crippen LogP contribution in [0.25, 0.3) is 0 Å². The molecule has 6 nitrogen and oxygen atoms in total. The second kappa shape index (κ2) is 6.12. The third-order valence-corrected chi connectivity index (χ3v) is 5.88. The molecule has 3 rings (SSSR count). The number of ketones is 1. The fourth-order valence-electron chi connectivity index (χ4n) is 4.36. The molecule has 0 radical (unpaired) electrons. The Morgan fingerprint density at radius 3 is 2.04 bits per heavy atom. The molecule has 0 saturated carbocycles. The first kappa shape index (κ1) is 17.9. The topological polar surface area (TPSA) is 96.6 Å². The molecule has 2 N–H and O–H groups in total. The summed E-state index contributed by atoms with van der Waals surface area (Å²) in [5.74, 6) is -3.02. The van der Waals surface area contributed by atoms with Crippen molar-refractivity contribution >= 4 is 17.7 Å². The predicted molar refractivity (Wildman–Crippen MR) is 94.3 cm³/mol. The average Bonchev–Trinajstić information content (AvgIpc) is 3.16. The molecule has 1 aromatic carbocycles. The monoisotopic (exact) mass is 355 g/mol. The van der Waals surface area contributed by atoms with E-state index in [1.807, 2.05) is 0 Å². The summed E-state index contributed by atoms with van der Waals surface area (Å²) < 4.78 is 1.59. The SMILES string of the molecule is CCC1(CC)Cn2c(C(=O)c3ccccc3)ccc2C1(C(=O)O)C(=O)O. The van der Waals surface area contributed by atoms with Gasteiger partial charge in [0.05, 0.1) is 5.69 Å². The maximum atomic E-state index is 12.9. The maximum Gasteiger partial charge on any atom is 0.327 e. The predicted octanol–water partition coefficient (Wildman–Crippen LogP) is 2.95. The summed E-state index contributed by atoms with van der Waals surface area (Å²) in [6, 6.07) is 11.7. The molecular weight excluding hydrogens is 334 g/mol. The Kier molecular flexibility index (Phi) is 4.22. The molecule has 0 aliphatic carbocycles. The number of carbonyl (C=O) groups excluding carboxylic acids is 1. The van der Waals surface area contributed by atoms with Crippen LogP contribution in [0.5, 0.6) is 0 Å². The van der Waals surface area contributed by atoms with Crippen molar-refractivity contribution in [1.82, 2.24) is 4.57 Å². The van der Waals surface area contributed by atoms with Crippen molar-refractivity contribution in [1.29, 1.82) is 0 Å². The number of carboxylic acid groups (broad SMARTS) is 2. The van der Waals surface area contributed by atoms with Crippen LogP contribution in [-0.2, 0) is 21.5 Å². The van der Waals surface area contributed by atoms with E-state index >= 15 is 0 Å². The number of hydrogen-bond donors (Lipinski definition) is 2. The van der Waals surface area contributed by atoms with Gasteiger partial charge in [0.15, 0.2) is 0 Å². The summed E-state index contributed by atoms with van der Waals surface area (Å²) in [6.45, 7) is 3.79. The minimum absolute atomic E-state index is 0.167. The third kappa shape index (κ3) is 2.08. The molecule has 1 aromatic heterocycles. The Morgan fingerprint density at radius 1 is 0.962 bits per heavy atom. The molecule has 2 heterocycles. The molecule has 6 heteroatoms. The van der Waals surface area contributed by atoms with E-state index in [9.17, 15) is 24.6 Å². The molecule has 0 atom stereocenters. The molecule has 0 fully saturated rings. The van der Waals surface area contributed by atoms with Gasteiger partial charge in [-0.05, 0) is 25.0 Å². The molecule has 0 saturated heterocycles. The number of carbonyl (C=O) groups is 3. The highest BCUT2D eigenvalue weighted by atomic mass is 16.4. The first-order valence-corrected chi connectivity index (χ1v) is 8.62. The van der Waals surface area contributed by atoms with Gasteiger partial charge in [0.25, 0.3) is 0 Å². The molecule has 1 aliphatic rings. The van der Waals surface area contributed by atoms with Crippen LogP contribution in [0.1, 0.15) is 48.4 Å². The van der Waals surface area contributed by atoms with Crippen molar-refractivity contribution in [3.05, 3.63) is 59.4 Å². The van der Waals surface area contributed by atoms with E-state index in [1.165, 1.54) is 12.1 Å². The number of aliphatic carboxylic acids is 2. The summed E-state index contributed by atoms with van der Waals surface area (Å²) in [4.78, 5) is 37.4. The van der Waals surface area contributed by atoms with Crippen molar-refractivity contribution in [3.8, 4) is 0 Å². The van der Waals surface area contributed by atoms with Gasteiger partial charge < -0.3 is 14.8 Å². The third-order valence-electron chi connectivity index (χ3n) is 5.88. The zero-order chi connectivity index (χ0) is 19.1. The summed E-state index contributed by atoms with van der Waals surface area (Å²) >= 11 is 0. The van der Waals surface area contributed by atoms with Crippen molar-refractivity contribution < 1.29 is 24.6 Å². The lowest BCUT2D eigenvalue weighted by molar-refractivity contribution is -0.165. The van der Waals surface area contributed by atoms with E-state index in [4.69, 9.17) is 0 Å². The molecule has 2 aromatic rings. The van der Waals surface area contributed by atoms with Crippen LogP contribution < -0.4 is 0 Å². The lowest BCUT2D eigenvalue weighted by Crippen LogP contribution is -2.54. The molecular formula is C20H21NO5. The number of hydrogen-bond acceptors (Lipinski definition) is 3. The zero-order valence-corrected chi connectivity index (χ0v) is 14.7. The van der Waals surface area contributed by atoms with Gasteiger partial charge in [0.1, 0.15) is 0 Å². The standard InChI is InChI=1S/C20H21NO5/c1-3-19(4-2)12-21-14(16(22)13-8-6-5-7-9-13)10-11-15(21)20(19,17(23)24)18(25)26/h5-11H,3-4,12H2,1-2H3,(H,23,24)(H,25,26). The normalized spacial score (nSPS) is 16.8. The smallest absolute Gasteiger partial charge is 0.327 e. The minimum atomic E-state index is -2.06. The molecule has 0 bridgehead atoms. The first-order chi connectivity index (χ1) is 12.4. The van der Waals surface area contributed by atoms with Crippen molar-refractivity contribution in [2.75, 3.05) is 0 Å². The van der Waals surface area contributed by atoms with Crippen molar-refractivity contribution in [2.24, 2.45) is 5.41 Å². The van der Waals surface area contributed by atoms with Crippen LogP contribution >= 0.6 is 0 Å². The zero-order valence-electron chi connectivity index (χ0n) is 14.7. The molecule has 26 heavy (non-hydrogen) atoms. The summed E-state index contributed by atoms with van der Waals surface area (Å²) in [6.07, 6.45) is 0.755. The quantitative estimate of drug-likeness (QED) is 0.613. The summed E-state index contributed by atoms with van der Waals surface area (Å²) in [5.41, 5.74) is -2.09. The van der Waals surface area contributed by atoms with Gasteiger partial charge in [-0.3, -0.25) is 14.4 Å². The van der Waals surface area contributed by atoms with E-state index in [0.717, 1.165) is 0 Å². The highest BCUT2D eigenvalue weighted by molar-refractivity contribution is 6.10. The Labute approximate surface area is 151 Å². The van der Waals surface area contributed by atoms with Crippen LogP contribution in [0.15, 0.2) is 42.5 Å². The van der Waals surface area contributed by atoms with Gasteiger partial charge >= 0.3 is 11.9 Å². The van der Waals surface area contributed by atoms with Crippen LogP contribution in [0.3, 0.4) is 0 Å². The molecule has 136 valence electrons. The average molecular weight is 355 g/mol. The van der Waals surface area contributed by atoms with E-state index < -0.39 is 22.8 Å². The fraction of sp³-hybridized carbons (Fsp3) is 0.350. The Bertz CT molecular complexity index is 863. The first-order valence-electron chi connectivity index (χ1n) is 8.62. The molecule has 0 spiro atoms. The summed E-state index contributed by atoms with van der Waals surface area (Å²) in [7, 11) is 0. The van der Waals surface area contributed by atoms with E-state index in [0.29, 0.717) is 24.1 Å². The van der Waals surface area contributed by atoms with Crippen LogP contribution in [0.2, 0.25) is 0 Å². The second-order valence-corrected chi connectivity index (χ2v) is 6.73. The molecule has 1 aliphatic heterocycles. The van der Waals surface area contributed by atoms with Crippen molar-refractivity contribution in [3.63, 3.8) is 0 Å². The maximum absolute atomic E-state index is 12.9. The fourth-order valence-corrected chi connectivity index (χ4v) is 4.36. The Balaban J connectivity index is 2.23. The van der Waals surface area contributed by atoms with E-state index in [2.05, 4.69) is 0 Å². The van der Waals surface area contributed by atoms with Gasteiger partial charge in [-0.25, -0.2) is 0 Å². The number of nitrogens with zero attached hydrogens (tertiary/aromatic N) is 1. The van der Waals surface area contributed by atoms with Gasteiger partial charge in [-0.2, -0.15) is 0 Å². The molecule has 0 unspecified atom stereocenters. The second-order valence-electron chi connectivity index (χ2n) is 6.73. The highest BCUT2D eigenvalue weighted by Gasteiger charge is 2.67. The lowest BCUT2D eigenvalue weighted by atomic mass is 9.60. The number of carboxylic acids is 2. The lowest BCUT2D eigenvalue weighted by Gasteiger charge is -2.38. The largest absolute Gasteiger partial charge is 0.480 e. The van der Waals surface area contributed by atoms with Gasteiger partial charge in [-0.15, -0.1) is 0 Å². The Morgan fingerprint density at radius 2 is 1.54 bits per heavy atom. The van der Waals surface area contributed by atoms with Crippen LogP contribution in [0, 0.1) is 5.41 Å². The highest BCUT2D eigenvalue weighted by Crippen LogP contribution is 2.54. The number of aromatic nitrogens is 1. The van der Waals surface area contributed by atoms with Gasteiger partial charge in [0, 0.05) is 23.2 Å². The van der Waals surface area contributed by atoms with Gasteiger partial charge in [0.2, 0.25) is 11.2 Å².